The molecule has 4 heterocycles. The lowest BCUT2D eigenvalue weighted by molar-refractivity contribution is -0.116. The van der Waals surface area contributed by atoms with Gasteiger partial charge in [0.15, 0.2) is 11.5 Å². The first-order chi connectivity index (χ1) is 12.3. The van der Waals surface area contributed by atoms with E-state index in [-0.39, 0.29) is 36.8 Å². The number of carbonyl (C=O) groups is 1. The van der Waals surface area contributed by atoms with Gasteiger partial charge in [-0.25, -0.2) is 15.0 Å². The van der Waals surface area contributed by atoms with Crippen LogP contribution in [0.5, 0.6) is 0 Å². The smallest absolute Gasteiger partial charge is 0.259 e. The van der Waals surface area contributed by atoms with Gasteiger partial charge >= 0.3 is 0 Å². The Balaban J connectivity index is 0.00000131. The van der Waals surface area contributed by atoms with Crippen LogP contribution in [0, 0.1) is 0 Å². The summed E-state index contributed by atoms with van der Waals surface area (Å²) in [6.45, 7) is 4.17. The lowest BCUT2D eigenvalue weighted by Gasteiger charge is -2.27. The highest BCUT2D eigenvalue weighted by atomic mass is 35.5. The molecule has 2 aliphatic heterocycles. The minimum Gasteiger partial charge on any atom is -0.350 e. The van der Waals surface area contributed by atoms with E-state index in [1.807, 2.05) is 11.1 Å². The number of hydrogen-bond donors (Lipinski definition) is 4. The molecule has 12 heteroatoms. The van der Waals surface area contributed by atoms with Gasteiger partial charge in [0.05, 0.1) is 11.2 Å². The Morgan fingerprint density at radius 1 is 1.30 bits per heavy atom. The fourth-order valence-corrected chi connectivity index (χ4v) is 3.83. The van der Waals surface area contributed by atoms with E-state index in [1.165, 1.54) is 6.33 Å². The predicted octanol–water partition coefficient (Wildman–Crippen LogP) is 0.269. The van der Waals surface area contributed by atoms with Crippen LogP contribution in [0.2, 0.25) is 0 Å². The van der Waals surface area contributed by atoms with Gasteiger partial charge in [-0.1, -0.05) is 0 Å². The molecule has 4 N–H and O–H groups in total. The number of hydrogen-bond acceptors (Lipinski definition) is 8. The van der Waals surface area contributed by atoms with Gasteiger partial charge in [-0.3, -0.25) is 4.79 Å². The molecule has 27 heavy (non-hydrogen) atoms. The summed E-state index contributed by atoms with van der Waals surface area (Å²) >= 11 is 1.57. The standard InChI is InChI=1S/C15H20N8OS.2ClH/c24-15(18-6-10-5-16-1-2-17-10)11-7-23(3-4-25-11)14-12-13(20-8-19-12)21-9-22-14;;/h7-10,16-17H,1-6H2,(H,18,24)(H,19,20,21,22);2*1H. The predicted molar refractivity (Wildman–Crippen MR) is 112 cm³/mol. The number of anilines is 1. The molecule has 4 rings (SSSR count). The minimum atomic E-state index is -0.0445. The topological polar surface area (TPSA) is 111 Å². The highest BCUT2D eigenvalue weighted by Gasteiger charge is 2.22. The number of nitrogens with zero attached hydrogens (tertiary/aromatic N) is 4. The molecule has 2 aromatic rings. The van der Waals surface area contributed by atoms with E-state index in [4.69, 9.17) is 0 Å². The molecule has 1 saturated heterocycles. The zero-order valence-electron chi connectivity index (χ0n) is 14.5. The van der Waals surface area contributed by atoms with Crippen molar-refractivity contribution in [2.75, 3.05) is 43.4 Å². The van der Waals surface area contributed by atoms with Crippen molar-refractivity contribution in [2.45, 2.75) is 6.04 Å². The quantitative estimate of drug-likeness (QED) is 0.544. The molecule has 1 amide bonds. The van der Waals surface area contributed by atoms with Crippen LogP contribution in [0.15, 0.2) is 23.8 Å². The van der Waals surface area contributed by atoms with E-state index in [9.17, 15) is 4.79 Å². The molecule has 0 bridgehead atoms. The summed E-state index contributed by atoms with van der Waals surface area (Å²) in [5, 5.41) is 9.72. The van der Waals surface area contributed by atoms with E-state index >= 15 is 0 Å². The Bertz CT molecular complexity index is 795. The van der Waals surface area contributed by atoms with Crippen molar-refractivity contribution < 1.29 is 4.79 Å². The number of halogens is 2. The third-order valence-electron chi connectivity index (χ3n) is 4.20. The van der Waals surface area contributed by atoms with Crippen molar-refractivity contribution >= 4 is 59.5 Å². The molecule has 1 fully saturated rings. The van der Waals surface area contributed by atoms with Crippen LogP contribution in [0.4, 0.5) is 5.82 Å². The van der Waals surface area contributed by atoms with Crippen LogP contribution in [0.3, 0.4) is 0 Å². The van der Waals surface area contributed by atoms with Crippen LogP contribution < -0.4 is 20.9 Å². The molecular weight excluding hydrogens is 411 g/mol. The molecule has 9 nitrogen and oxygen atoms in total. The third-order valence-corrected chi connectivity index (χ3v) is 5.18. The lowest BCUT2D eigenvalue weighted by Crippen LogP contribution is -2.53. The fourth-order valence-electron chi connectivity index (χ4n) is 2.92. The van der Waals surface area contributed by atoms with Gasteiger partial charge in [-0.15, -0.1) is 36.6 Å². The zero-order chi connectivity index (χ0) is 17.1. The number of nitrogens with one attached hydrogen (secondary N) is 4. The van der Waals surface area contributed by atoms with Gasteiger partial charge in [-0.2, -0.15) is 0 Å². The second-order valence-corrected chi connectivity index (χ2v) is 7.04. The number of aromatic nitrogens is 4. The summed E-state index contributed by atoms with van der Waals surface area (Å²) in [7, 11) is 0. The number of rotatable bonds is 4. The Morgan fingerprint density at radius 2 is 2.19 bits per heavy atom. The Kier molecular flexibility index (Phi) is 8.11. The average molecular weight is 433 g/mol. The molecule has 0 saturated carbocycles. The molecule has 0 aromatic carbocycles. The highest BCUT2D eigenvalue weighted by molar-refractivity contribution is 8.04. The van der Waals surface area contributed by atoms with Crippen LogP contribution in [-0.2, 0) is 4.79 Å². The summed E-state index contributed by atoms with van der Waals surface area (Å²) in [6.07, 6.45) is 4.96. The SMILES string of the molecule is Cl.Cl.O=C(NCC1CNCCN1)C1=CN(c2ncnc3nc[nH]c23)CCS1. The molecule has 1 atom stereocenters. The first-order valence-corrected chi connectivity index (χ1v) is 9.27. The minimum absolute atomic E-state index is 0. The van der Waals surface area contributed by atoms with Crippen molar-refractivity contribution in [3.8, 4) is 0 Å². The van der Waals surface area contributed by atoms with Crippen molar-refractivity contribution in [1.29, 1.82) is 0 Å². The third kappa shape index (κ3) is 5.02. The first-order valence-electron chi connectivity index (χ1n) is 8.29. The maximum Gasteiger partial charge on any atom is 0.259 e. The second kappa shape index (κ2) is 10.1. The van der Waals surface area contributed by atoms with Gasteiger partial charge in [0.1, 0.15) is 11.8 Å². The second-order valence-electron chi connectivity index (χ2n) is 5.90. The maximum atomic E-state index is 12.5. The Hall–Kier alpha value is -1.59. The summed E-state index contributed by atoms with van der Waals surface area (Å²) in [4.78, 5) is 30.9. The molecule has 1 unspecified atom stereocenters. The first kappa shape index (κ1) is 21.7. The number of carbonyl (C=O) groups excluding carboxylic acids is 1. The molecule has 148 valence electrons. The van der Waals surface area contributed by atoms with E-state index < -0.39 is 0 Å². The number of H-pyrrole nitrogens is 1. The van der Waals surface area contributed by atoms with Crippen molar-refractivity contribution in [3.63, 3.8) is 0 Å². The van der Waals surface area contributed by atoms with Gasteiger partial charge in [-0.05, 0) is 0 Å². The van der Waals surface area contributed by atoms with E-state index in [0.717, 1.165) is 43.3 Å². The van der Waals surface area contributed by atoms with Crippen molar-refractivity contribution in [1.82, 2.24) is 35.9 Å². The summed E-state index contributed by atoms with van der Waals surface area (Å²) < 4.78 is 0. The van der Waals surface area contributed by atoms with Crippen LogP contribution in [0.25, 0.3) is 11.2 Å². The zero-order valence-corrected chi connectivity index (χ0v) is 16.9. The van der Waals surface area contributed by atoms with Crippen molar-refractivity contribution in [3.05, 3.63) is 23.8 Å². The normalized spacial score (nSPS) is 19.6. The summed E-state index contributed by atoms with van der Waals surface area (Å²) in [5.74, 6) is 1.52. The summed E-state index contributed by atoms with van der Waals surface area (Å²) in [5.41, 5.74) is 1.40. The molecule has 0 aliphatic carbocycles. The lowest BCUT2D eigenvalue weighted by atomic mass is 10.2. The van der Waals surface area contributed by atoms with Crippen LogP contribution >= 0.6 is 36.6 Å². The Morgan fingerprint density at radius 3 is 3.00 bits per heavy atom. The molecule has 0 radical (unpaired) electrons. The molecular formula is C15H22Cl2N8OS. The molecule has 2 aliphatic rings. The summed E-state index contributed by atoms with van der Waals surface area (Å²) in [6, 6.07) is 0.273. The largest absolute Gasteiger partial charge is 0.350 e. The maximum absolute atomic E-state index is 12.5. The van der Waals surface area contributed by atoms with Gasteiger partial charge in [0, 0.05) is 50.7 Å². The number of aromatic amines is 1. The van der Waals surface area contributed by atoms with E-state index in [2.05, 4.69) is 35.9 Å². The van der Waals surface area contributed by atoms with Crippen LogP contribution in [-0.4, -0.2) is 70.4 Å². The van der Waals surface area contributed by atoms with Gasteiger partial charge in [0.25, 0.3) is 5.91 Å². The number of fused-ring (bicyclic) bond motifs is 1. The van der Waals surface area contributed by atoms with Crippen molar-refractivity contribution in [2.24, 2.45) is 0 Å². The van der Waals surface area contributed by atoms with E-state index in [1.54, 1.807) is 18.1 Å². The molecule has 2 aromatic heterocycles. The average Bonchev–Trinajstić information content (AvgIpc) is 3.16. The fraction of sp³-hybridized carbons (Fsp3) is 0.467. The number of imidazole rings is 1. The van der Waals surface area contributed by atoms with Crippen LogP contribution in [0.1, 0.15) is 0 Å². The van der Waals surface area contributed by atoms with Gasteiger partial charge in [0.2, 0.25) is 0 Å². The van der Waals surface area contributed by atoms with Gasteiger partial charge < -0.3 is 25.8 Å². The number of thioether (sulfide) groups is 1. The number of amides is 1. The van der Waals surface area contributed by atoms with E-state index in [0.29, 0.717) is 17.1 Å². The Labute approximate surface area is 173 Å². The molecule has 0 spiro atoms. The highest BCUT2D eigenvalue weighted by Crippen LogP contribution is 2.27. The monoisotopic (exact) mass is 432 g/mol. The number of piperazine rings is 1.